The van der Waals surface area contributed by atoms with Gasteiger partial charge < -0.3 is 4.52 Å². The van der Waals surface area contributed by atoms with E-state index in [1.807, 2.05) is 0 Å². The van der Waals surface area contributed by atoms with Crippen molar-refractivity contribution in [1.82, 2.24) is 19.8 Å². The fourth-order valence-corrected chi connectivity index (χ4v) is 2.17. The number of sulfonamides is 1. The zero-order valence-electron chi connectivity index (χ0n) is 9.29. The van der Waals surface area contributed by atoms with Gasteiger partial charge in [-0.15, -0.1) is 0 Å². The van der Waals surface area contributed by atoms with E-state index < -0.39 is 10.0 Å². The van der Waals surface area contributed by atoms with Crippen LogP contribution >= 0.6 is 11.6 Å². The largest absolute Gasteiger partial charge is 0.360 e. The van der Waals surface area contributed by atoms with Gasteiger partial charge in [0.1, 0.15) is 4.90 Å². The van der Waals surface area contributed by atoms with Crippen molar-refractivity contribution >= 4 is 21.6 Å². The number of aromatic nitrogens is 3. The highest BCUT2D eigenvalue weighted by Gasteiger charge is 2.15. The van der Waals surface area contributed by atoms with Gasteiger partial charge in [-0.25, -0.2) is 23.1 Å². The molecule has 96 valence electrons. The minimum atomic E-state index is -3.69. The van der Waals surface area contributed by atoms with Gasteiger partial charge in [-0.05, 0) is 18.5 Å². The van der Waals surface area contributed by atoms with Crippen LogP contribution in [-0.2, 0) is 16.6 Å². The molecule has 0 amide bonds. The Balaban J connectivity index is 2.10. The average molecular weight is 289 g/mol. The van der Waals surface area contributed by atoms with Gasteiger partial charge in [0, 0.05) is 6.07 Å². The maximum absolute atomic E-state index is 11.8. The lowest BCUT2D eigenvalue weighted by atomic mass is 10.4. The Morgan fingerprint density at radius 1 is 1.39 bits per heavy atom. The number of hydrogen-bond acceptors (Lipinski definition) is 6. The standard InChI is InChI=1S/C9H9ClN4O3S/c1-6-2-7(17-14-6)3-13-18(15,16)8-4-11-9(10)12-5-8/h2,4-5,13H,3H2,1H3. The van der Waals surface area contributed by atoms with Crippen LogP contribution in [0.1, 0.15) is 11.5 Å². The molecule has 18 heavy (non-hydrogen) atoms. The summed E-state index contributed by atoms with van der Waals surface area (Å²) >= 11 is 5.48. The third kappa shape index (κ3) is 3.03. The SMILES string of the molecule is Cc1cc(CNS(=O)(=O)c2cnc(Cl)nc2)on1. The fraction of sp³-hybridized carbons (Fsp3) is 0.222. The van der Waals surface area contributed by atoms with E-state index in [1.165, 1.54) is 0 Å². The summed E-state index contributed by atoms with van der Waals surface area (Å²) in [6.45, 7) is 1.75. The Morgan fingerprint density at radius 2 is 2.06 bits per heavy atom. The van der Waals surface area contributed by atoms with Crippen LogP contribution in [0.25, 0.3) is 0 Å². The van der Waals surface area contributed by atoms with Crippen molar-refractivity contribution in [3.05, 3.63) is 35.2 Å². The highest BCUT2D eigenvalue weighted by Crippen LogP contribution is 2.09. The van der Waals surface area contributed by atoms with Crippen LogP contribution in [-0.4, -0.2) is 23.5 Å². The average Bonchev–Trinajstić information content (AvgIpc) is 2.73. The molecule has 0 atom stereocenters. The van der Waals surface area contributed by atoms with Gasteiger partial charge in [0.15, 0.2) is 5.76 Å². The summed E-state index contributed by atoms with van der Waals surface area (Å²) in [4.78, 5) is 7.14. The first-order valence-electron chi connectivity index (χ1n) is 4.87. The summed E-state index contributed by atoms with van der Waals surface area (Å²) in [5.74, 6) is 0.422. The molecule has 9 heteroatoms. The third-order valence-corrected chi connectivity index (χ3v) is 3.57. The molecule has 0 radical (unpaired) electrons. The first kappa shape index (κ1) is 12.9. The van der Waals surface area contributed by atoms with Crippen LogP contribution in [0.5, 0.6) is 0 Å². The summed E-state index contributed by atoms with van der Waals surface area (Å²) in [5.41, 5.74) is 0.680. The zero-order valence-corrected chi connectivity index (χ0v) is 10.9. The van der Waals surface area contributed by atoms with Crippen molar-refractivity contribution in [1.29, 1.82) is 0 Å². The Labute approximate surface area is 108 Å². The van der Waals surface area contributed by atoms with E-state index >= 15 is 0 Å². The van der Waals surface area contributed by atoms with Crippen LogP contribution in [0.15, 0.2) is 27.9 Å². The molecule has 2 heterocycles. The van der Waals surface area contributed by atoms with Crippen LogP contribution in [0.4, 0.5) is 0 Å². The van der Waals surface area contributed by atoms with E-state index in [1.54, 1.807) is 13.0 Å². The molecule has 0 aliphatic rings. The molecule has 0 bridgehead atoms. The third-order valence-electron chi connectivity index (χ3n) is 2.02. The molecular weight excluding hydrogens is 280 g/mol. The van der Waals surface area contributed by atoms with E-state index in [4.69, 9.17) is 16.1 Å². The van der Waals surface area contributed by atoms with Gasteiger partial charge in [0.2, 0.25) is 15.3 Å². The minimum absolute atomic E-state index is 0.00575. The lowest BCUT2D eigenvalue weighted by Gasteiger charge is -2.03. The van der Waals surface area contributed by atoms with Gasteiger partial charge >= 0.3 is 0 Å². The van der Waals surface area contributed by atoms with Crippen molar-refractivity contribution in [2.24, 2.45) is 0 Å². The maximum atomic E-state index is 11.8. The van der Waals surface area contributed by atoms with Crippen molar-refractivity contribution in [3.63, 3.8) is 0 Å². The number of rotatable bonds is 4. The summed E-state index contributed by atoms with van der Waals surface area (Å²) in [6.07, 6.45) is 2.26. The second-order valence-corrected chi connectivity index (χ2v) is 5.55. The van der Waals surface area contributed by atoms with Crippen molar-refractivity contribution < 1.29 is 12.9 Å². The number of halogens is 1. The van der Waals surface area contributed by atoms with E-state index in [-0.39, 0.29) is 16.7 Å². The van der Waals surface area contributed by atoms with Crippen LogP contribution in [0, 0.1) is 6.92 Å². The maximum Gasteiger partial charge on any atom is 0.244 e. The Kier molecular flexibility index (Phi) is 3.60. The van der Waals surface area contributed by atoms with Crippen molar-refractivity contribution in [2.45, 2.75) is 18.4 Å². The summed E-state index contributed by atoms with van der Waals surface area (Å²) in [5, 5.41) is 3.64. The van der Waals surface area contributed by atoms with Gasteiger partial charge in [-0.3, -0.25) is 0 Å². The quantitative estimate of drug-likeness (QED) is 0.840. The molecule has 1 N–H and O–H groups in total. The Morgan fingerprint density at radius 3 is 2.61 bits per heavy atom. The summed E-state index contributed by atoms with van der Waals surface area (Å²) < 4.78 is 30.9. The number of aryl methyl sites for hydroxylation is 1. The molecule has 0 aliphatic carbocycles. The molecule has 0 spiro atoms. The second-order valence-electron chi connectivity index (χ2n) is 3.45. The molecule has 2 rings (SSSR count). The van der Waals surface area contributed by atoms with E-state index in [0.29, 0.717) is 11.5 Å². The summed E-state index contributed by atoms with van der Waals surface area (Å²) in [6, 6.07) is 1.64. The molecule has 0 aliphatic heterocycles. The smallest absolute Gasteiger partial charge is 0.244 e. The molecule has 0 unspecified atom stereocenters. The number of nitrogens with one attached hydrogen (secondary N) is 1. The van der Waals surface area contributed by atoms with Crippen molar-refractivity contribution in [2.75, 3.05) is 0 Å². The molecule has 0 saturated carbocycles. The minimum Gasteiger partial charge on any atom is -0.360 e. The number of hydrogen-bond donors (Lipinski definition) is 1. The molecule has 0 aromatic carbocycles. The van der Waals surface area contributed by atoms with E-state index in [0.717, 1.165) is 12.4 Å². The van der Waals surface area contributed by atoms with E-state index in [2.05, 4.69) is 19.8 Å². The topological polar surface area (TPSA) is 98.0 Å². The monoisotopic (exact) mass is 288 g/mol. The van der Waals surface area contributed by atoms with Crippen LogP contribution in [0.3, 0.4) is 0 Å². The predicted octanol–water partition coefficient (Wildman–Crippen LogP) is 0.905. The van der Waals surface area contributed by atoms with Gasteiger partial charge in [-0.1, -0.05) is 5.16 Å². The van der Waals surface area contributed by atoms with Crippen molar-refractivity contribution in [3.8, 4) is 0 Å². The van der Waals surface area contributed by atoms with Gasteiger partial charge in [0.25, 0.3) is 0 Å². The summed E-state index contributed by atoms with van der Waals surface area (Å²) in [7, 11) is -3.69. The normalized spacial score (nSPS) is 11.7. The zero-order chi connectivity index (χ0) is 13.2. The molecule has 2 aromatic rings. The van der Waals surface area contributed by atoms with Crippen LogP contribution < -0.4 is 4.72 Å². The lowest BCUT2D eigenvalue weighted by molar-refractivity contribution is 0.377. The highest BCUT2D eigenvalue weighted by atomic mass is 35.5. The first-order chi connectivity index (χ1) is 8.47. The molecular formula is C9H9ClN4O3S. The molecule has 0 fully saturated rings. The number of nitrogens with zero attached hydrogens (tertiary/aromatic N) is 3. The Hall–Kier alpha value is -1.51. The highest BCUT2D eigenvalue weighted by molar-refractivity contribution is 7.89. The Bertz CT molecular complexity index is 638. The molecule has 7 nitrogen and oxygen atoms in total. The second kappa shape index (κ2) is 5.01. The molecule has 2 aromatic heterocycles. The van der Waals surface area contributed by atoms with E-state index in [9.17, 15) is 8.42 Å². The van der Waals surface area contributed by atoms with Crippen LogP contribution in [0.2, 0.25) is 5.28 Å². The predicted molar refractivity (Wildman–Crippen MR) is 62.3 cm³/mol. The van der Waals surface area contributed by atoms with Gasteiger partial charge in [0.05, 0.1) is 24.6 Å². The fourth-order valence-electron chi connectivity index (χ4n) is 1.19. The first-order valence-corrected chi connectivity index (χ1v) is 6.73. The lowest BCUT2D eigenvalue weighted by Crippen LogP contribution is -2.23. The molecule has 0 saturated heterocycles. The van der Waals surface area contributed by atoms with Gasteiger partial charge in [-0.2, -0.15) is 0 Å².